The van der Waals surface area contributed by atoms with Crippen LogP contribution in [0.1, 0.15) is 6.42 Å². The van der Waals surface area contributed by atoms with Gasteiger partial charge in [-0.2, -0.15) is 0 Å². The maximum atomic E-state index is 10.9. The Morgan fingerprint density at radius 2 is 1.64 bits per heavy atom. The van der Waals surface area contributed by atoms with Crippen LogP contribution in [0, 0.1) is 0 Å². The summed E-state index contributed by atoms with van der Waals surface area (Å²) in [4.78, 5) is 10.5. The van der Waals surface area contributed by atoms with Gasteiger partial charge < -0.3 is 5.11 Å². The molecule has 1 unspecified atom stereocenters. The first-order valence-corrected chi connectivity index (χ1v) is 7.65. The molecule has 0 rings (SSSR count). The van der Waals surface area contributed by atoms with Crippen molar-refractivity contribution >= 4 is 25.6 Å². The van der Waals surface area contributed by atoms with E-state index >= 15 is 0 Å². The molecule has 0 aliphatic heterocycles. The molecule has 0 amide bonds. The molecule has 0 bridgehead atoms. The van der Waals surface area contributed by atoms with E-state index in [1.165, 1.54) is 0 Å². The van der Waals surface area contributed by atoms with Crippen molar-refractivity contribution in [1.82, 2.24) is 0 Å². The molecule has 0 aliphatic carbocycles. The van der Waals surface area contributed by atoms with Crippen LogP contribution in [-0.2, 0) is 24.5 Å². The third kappa shape index (κ3) is 5.18. The summed E-state index contributed by atoms with van der Waals surface area (Å²) in [7, 11) is -7.09. The zero-order chi connectivity index (χ0) is 11.6. The van der Waals surface area contributed by atoms with Gasteiger partial charge in [0.25, 0.3) is 0 Å². The minimum atomic E-state index is -3.75. The van der Waals surface area contributed by atoms with Crippen LogP contribution in [-0.4, -0.2) is 51.4 Å². The lowest BCUT2D eigenvalue weighted by molar-refractivity contribution is -0.136. The van der Waals surface area contributed by atoms with E-state index in [2.05, 4.69) is 0 Å². The van der Waals surface area contributed by atoms with E-state index in [9.17, 15) is 21.6 Å². The molecule has 0 aromatic rings. The molecule has 0 saturated carbocycles. The van der Waals surface area contributed by atoms with E-state index in [0.29, 0.717) is 0 Å². The van der Waals surface area contributed by atoms with E-state index in [-0.39, 0.29) is 0 Å². The fraction of sp³-hybridized carbons (Fsp3) is 0.833. The number of rotatable bonds is 5. The van der Waals surface area contributed by atoms with Gasteiger partial charge >= 0.3 is 5.97 Å². The molecule has 84 valence electrons. The Bertz CT molecular complexity index is 404. The number of hydrogen-bond donors (Lipinski definition) is 1. The number of carboxylic acids is 1. The van der Waals surface area contributed by atoms with Gasteiger partial charge in [-0.05, 0) is 6.42 Å². The third-order valence-electron chi connectivity index (χ3n) is 1.54. The van der Waals surface area contributed by atoms with Gasteiger partial charge in [0.05, 0.1) is 5.75 Å². The first-order valence-electron chi connectivity index (χ1n) is 3.63. The van der Waals surface area contributed by atoms with Crippen molar-refractivity contribution in [2.45, 2.75) is 11.7 Å². The van der Waals surface area contributed by atoms with Crippen LogP contribution in [0.5, 0.6) is 0 Å². The van der Waals surface area contributed by atoms with Gasteiger partial charge in [-0.1, -0.05) is 0 Å². The van der Waals surface area contributed by atoms with Gasteiger partial charge in [0.2, 0.25) is 0 Å². The quantitative estimate of drug-likeness (QED) is 0.659. The number of carboxylic acid groups (broad SMARTS) is 1. The Labute approximate surface area is 82.8 Å². The van der Waals surface area contributed by atoms with E-state index in [0.717, 1.165) is 12.5 Å². The molecule has 0 spiro atoms. The van der Waals surface area contributed by atoms with E-state index < -0.39 is 43.1 Å². The second-order valence-electron chi connectivity index (χ2n) is 3.07. The molecule has 8 heteroatoms. The first kappa shape index (κ1) is 13.4. The van der Waals surface area contributed by atoms with Gasteiger partial charge in [-0.3, -0.25) is 4.79 Å². The van der Waals surface area contributed by atoms with E-state index in [1.54, 1.807) is 0 Å². The molecule has 1 atom stereocenters. The van der Waals surface area contributed by atoms with Crippen LogP contribution in [0.3, 0.4) is 0 Å². The lowest BCUT2D eigenvalue weighted by Crippen LogP contribution is -2.31. The molecule has 14 heavy (non-hydrogen) atoms. The zero-order valence-corrected chi connectivity index (χ0v) is 9.43. The predicted molar refractivity (Wildman–Crippen MR) is 50.6 cm³/mol. The van der Waals surface area contributed by atoms with Crippen LogP contribution >= 0.6 is 0 Å². The molecule has 6 nitrogen and oxygen atoms in total. The van der Waals surface area contributed by atoms with Crippen molar-refractivity contribution in [2.24, 2.45) is 0 Å². The predicted octanol–water partition coefficient (Wildman–Crippen LogP) is -1.08. The highest BCUT2D eigenvalue weighted by Crippen LogP contribution is 2.06. The number of sulfone groups is 2. The van der Waals surface area contributed by atoms with Gasteiger partial charge in [-0.25, -0.2) is 16.8 Å². The number of carbonyl (C=O) groups is 1. The van der Waals surface area contributed by atoms with Gasteiger partial charge in [0, 0.05) is 12.5 Å². The second-order valence-corrected chi connectivity index (χ2v) is 7.56. The maximum Gasteiger partial charge on any atom is 0.321 e. The molecule has 0 fully saturated rings. The Morgan fingerprint density at radius 1 is 1.21 bits per heavy atom. The highest BCUT2D eigenvalue weighted by atomic mass is 32.2. The minimum Gasteiger partial charge on any atom is -0.480 e. The standard InChI is InChI=1S/C6H12O6S2/c1-13(9,10)4-3-5(6(7)8)14(2,11)12/h5H,3-4H2,1-2H3,(H,7,8). The first-order chi connectivity index (χ1) is 6.04. The summed E-state index contributed by atoms with van der Waals surface area (Å²) in [5, 5.41) is 6.89. The third-order valence-corrected chi connectivity index (χ3v) is 3.99. The van der Waals surface area contributed by atoms with Crippen molar-refractivity contribution in [1.29, 1.82) is 0 Å². The molecular weight excluding hydrogens is 232 g/mol. The smallest absolute Gasteiger partial charge is 0.321 e. The van der Waals surface area contributed by atoms with Crippen molar-refractivity contribution in [3.63, 3.8) is 0 Å². The molecule has 0 aromatic carbocycles. The Hall–Kier alpha value is -0.630. The van der Waals surface area contributed by atoms with Gasteiger partial charge in [0.1, 0.15) is 9.84 Å². The normalized spacial score (nSPS) is 15.0. The fourth-order valence-electron chi connectivity index (χ4n) is 0.842. The van der Waals surface area contributed by atoms with Crippen LogP contribution in [0.2, 0.25) is 0 Å². The topological polar surface area (TPSA) is 106 Å². The molecule has 0 aromatic heterocycles. The van der Waals surface area contributed by atoms with Gasteiger partial charge in [0.15, 0.2) is 15.1 Å². The van der Waals surface area contributed by atoms with E-state index in [1.807, 2.05) is 0 Å². The van der Waals surface area contributed by atoms with Crippen molar-refractivity contribution in [2.75, 3.05) is 18.3 Å². The van der Waals surface area contributed by atoms with Crippen molar-refractivity contribution in [3.05, 3.63) is 0 Å². The molecule has 0 saturated heterocycles. The summed E-state index contributed by atoms with van der Waals surface area (Å²) < 4.78 is 43.2. The van der Waals surface area contributed by atoms with Crippen molar-refractivity contribution < 1.29 is 26.7 Å². The van der Waals surface area contributed by atoms with Crippen molar-refractivity contribution in [3.8, 4) is 0 Å². The molecule has 0 aliphatic rings. The summed E-state index contributed by atoms with van der Waals surface area (Å²) in [6.45, 7) is 0. The highest BCUT2D eigenvalue weighted by Gasteiger charge is 2.29. The number of aliphatic carboxylic acids is 1. The Morgan fingerprint density at radius 3 is 1.86 bits per heavy atom. The van der Waals surface area contributed by atoms with Crippen LogP contribution < -0.4 is 0 Å². The van der Waals surface area contributed by atoms with Gasteiger partial charge in [-0.15, -0.1) is 0 Å². The summed E-state index contributed by atoms with van der Waals surface area (Å²) >= 11 is 0. The monoisotopic (exact) mass is 244 g/mol. The highest BCUT2D eigenvalue weighted by molar-refractivity contribution is 7.92. The SMILES string of the molecule is CS(=O)(=O)CCC(C(=O)O)S(C)(=O)=O. The van der Waals surface area contributed by atoms with Crippen LogP contribution in [0.4, 0.5) is 0 Å². The average molecular weight is 244 g/mol. The molecular formula is C6H12O6S2. The maximum absolute atomic E-state index is 10.9. The minimum absolute atomic E-state index is 0.410. The second kappa shape index (κ2) is 4.26. The summed E-state index contributed by atoms with van der Waals surface area (Å²) in [6, 6.07) is 0. The van der Waals surface area contributed by atoms with Crippen LogP contribution in [0.25, 0.3) is 0 Å². The lowest BCUT2D eigenvalue weighted by Gasteiger charge is -2.08. The van der Waals surface area contributed by atoms with E-state index in [4.69, 9.17) is 5.11 Å². The summed E-state index contributed by atoms with van der Waals surface area (Å²) in [6.07, 6.45) is 1.29. The lowest BCUT2D eigenvalue weighted by atomic mass is 10.3. The summed E-state index contributed by atoms with van der Waals surface area (Å²) in [5.41, 5.74) is 0. The Kier molecular flexibility index (Phi) is 4.07. The summed E-state index contributed by atoms with van der Waals surface area (Å²) in [5.74, 6) is -1.96. The zero-order valence-electron chi connectivity index (χ0n) is 7.80. The van der Waals surface area contributed by atoms with Crippen LogP contribution in [0.15, 0.2) is 0 Å². The number of hydrogen-bond acceptors (Lipinski definition) is 5. The molecule has 1 N–H and O–H groups in total. The average Bonchev–Trinajstić information content (AvgIpc) is 1.79. The Balaban J connectivity index is 4.68. The fourth-order valence-corrected chi connectivity index (χ4v) is 2.57. The largest absolute Gasteiger partial charge is 0.480 e. The molecule has 0 heterocycles. The molecule has 0 radical (unpaired) electrons.